The van der Waals surface area contributed by atoms with Crippen LogP contribution in [0.5, 0.6) is 5.75 Å². The average Bonchev–Trinajstić information content (AvgIpc) is 2.56. The van der Waals surface area contributed by atoms with Crippen molar-refractivity contribution in [3.05, 3.63) is 39.7 Å². The zero-order chi connectivity index (χ0) is 18.6. The molecule has 8 heteroatoms. The van der Waals surface area contributed by atoms with E-state index in [-0.39, 0.29) is 24.7 Å². The lowest BCUT2D eigenvalue weighted by molar-refractivity contribution is -0.146. The fraction of sp³-hybridized carbons (Fsp3) is 0.353. The summed E-state index contributed by atoms with van der Waals surface area (Å²) in [6, 6.07) is 6.96. The topological polar surface area (TPSA) is 112 Å². The standard InChI is InChI=1S/C17H17BrN2O5/c1-3-23-16(21)11(8-19)13-10-7-9(18)5-6-12(10)25-15(20)14(13)17(22)24-4-2/h5-7,11,13H,3-4,20H2,1-2H3/t11-,13+/m1/s1. The third kappa shape index (κ3) is 3.77. The molecule has 0 aliphatic carbocycles. The number of nitriles is 1. The summed E-state index contributed by atoms with van der Waals surface area (Å²) in [6.07, 6.45) is 0. The second kappa shape index (κ2) is 8.03. The molecule has 1 aromatic carbocycles. The summed E-state index contributed by atoms with van der Waals surface area (Å²) >= 11 is 3.34. The third-order valence-electron chi connectivity index (χ3n) is 3.61. The molecule has 25 heavy (non-hydrogen) atoms. The number of ether oxygens (including phenoxy) is 3. The molecule has 2 rings (SSSR count). The van der Waals surface area contributed by atoms with Crippen LogP contribution in [0.3, 0.4) is 0 Å². The Morgan fingerprint density at radius 1 is 1.36 bits per heavy atom. The van der Waals surface area contributed by atoms with Crippen LogP contribution >= 0.6 is 15.9 Å². The van der Waals surface area contributed by atoms with Gasteiger partial charge in [-0.15, -0.1) is 0 Å². The molecule has 0 bridgehead atoms. The van der Waals surface area contributed by atoms with Gasteiger partial charge < -0.3 is 19.9 Å². The molecule has 1 aliphatic rings. The predicted molar refractivity (Wildman–Crippen MR) is 91.1 cm³/mol. The summed E-state index contributed by atoms with van der Waals surface area (Å²) in [5, 5.41) is 9.57. The molecule has 1 aliphatic heterocycles. The Balaban J connectivity index is 2.63. The monoisotopic (exact) mass is 408 g/mol. The smallest absolute Gasteiger partial charge is 0.340 e. The van der Waals surface area contributed by atoms with Crippen molar-refractivity contribution in [2.75, 3.05) is 13.2 Å². The van der Waals surface area contributed by atoms with E-state index in [1.807, 2.05) is 6.07 Å². The van der Waals surface area contributed by atoms with Crippen molar-refractivity contribution in [1.29, 1.82) is 5.26 Å². The molecular weight excluding hydrogens is 392 g/mol. The van der Waals surface area contributed by atoms with Crippen LogP contribution < -0.4 is 10.5 Å². The highest BCUT2D eigenvalue weighted by Gasteiger charge is 2.43. The summed E-state index contributed by atoms with van der Waals surface area (Å²) in [7, 11) is 0. The zero-order valence-corrected chi connectivity index (χ0v) is 15.3. The van der Waals surface area contributed by atoms with Gasteiger partial charge in [0.15, 0.2) is 5.92 Å². The van der Waals surface area contributed by atoms with Gasteiger partial charge in [0.05, 0.1) is 25.2 Å². The minimum Gasteiger partial charge on any atom is -0.465 e. The second-order valence-electron chi connectivity index (χ2n) is 5.12. The molecule has 0 aromatic heterocycles. The highest BCUT2D eigenvalue weighted by atomic mass is 79.9. The average molecular weight is 409 g/mol. The highest BCUT2D eigenvalue weighted by Crippen LogP contribution is 2.44. The molecule has 0 saturated carbocycles. The van der Waals surface area contributed by atoms with Crippen molar-refractivity contribution >= 4 is 27.9 Å². The number of fused-ring (bicyclic) bond motifs is 1. The van der Waals surface area contributed by atoms with Crippen LogP contribution in [0.4, 0.5) is 0 Å². The number of carbonyl (C=O) groups excluding carboxylic acids is 2. The number of hydrogen-bond acceptors (Lipinski definition) is 7. The molecule has 0 radical (unpaired) electrons. The summed E-state index contributed by atoms with van der Waals surface area (Å²) in [6.45, 7) is 3.51. The van der Waals surface area contributed by atoms with Crippen molar-refractivity contribution in [2.24, 2.45) is 11.7 Å². The van der Waals surface area contributed by atoms with E-state index in [1.54, 1.807) is 32.0 Å². The summed E-state index contributed by atoms with van der Waals surface area (Å²) in [5.74, 6) is -3.53. The SMILES string of the molecule is CCOC(=O)C1=C(N)Oc2ccc(Br)cc2[C@H]1[C@@H](C#N)C(=O)OCC. The molecule has 0 amide bonds. The zero-order valence-electron chi connectivity index (χ0n) is 13.7. The maximum atomic E-state index is 12.4. The van der Waals surface area contributed by atoms with Gasteiger partial charge in [-0.05, 0) is 32.0 Å². The summed E-state index contributed by atoms with van der Waals surface area (Å²) in [4.78, 5) is 24.7. The number of halogens is 1. The summed E-state index contributed by atoms with van der Waals surface area (Å²) < 4.78 is 16.2. The van der Waals surface area contributed by atoms with E-state index in [9.17, 15) is 14.9 Å². The van der Waals surface area contributed by atoms with E-state index in [0.717, 1.165) is 0 Å². The van der Waals surface area contributed by atoms with Crippen LogP contribution in [-0.2, 0) is 19.1 Å². The number of hydrogen-bond donors (Lipinski definition) is 1. The van der Waals surface area contributed by atoms with Gasteiger partial charge in [0, 0.05) is 10.0 Å². The molecule has 0 unspecified atom stereocenters. The van der Waals surface area contributed by atoms with Crippen LogP contribution in [0, 0.1) is 17.2 Å². The Bertz CT molecular complexity index is 769. The molecule has 132 valence electrons. The first kappa shape index (κ1) is 18.8. The van der Waals surface area contributed by atoms with E-state index >= 15 is 0 Å². The minimum absolute atomic E-state index is 0.0629. The highest BCUT2D eigenvalue weighted by molar-refractivity contribution is 9.10. The van der Waals surface area contributed by atoms with E-state index in [4.69, 9.17) is 19.9 Å². The van der Waals surface area contributed by atoms with E-state index in [0.29, 0.717) is 15.8 Å². The molecule has 0 saturated heterocycles. The van der Waals surface area contributed by atoms with Gasteiger partial charge in [-0.1, -0.05) is 15.9 Å². The number of nitrogens with two attached hydrogens (primary N) is 1. The number of nitrogens with zero attached hydrogens (tertiary/aromatic N) is 1. The van der Waals surface area contributed by atoms with Crippen LogP contribution in [0.15, 0.2) is 34.1 Å². The van der Waals surface area contributed by atoms with E-state index < -0.39 is 23.8 Å². The first-order valence-corrected chi connectivity index (χ1v) is 8.44. The van der Waals surface area contributed by atoms with Gasteiger partial charge in [0.2, 0.25) is 5.88 Å². The Labute approximate surface area is 153 Å². The van der Waals surface area contributed by atoms with Crippen molar-refractivity contribution in [1.82, 2.24) is 0 Å². The van der Waals surface area contributed by atoms with Crippen molar-refractivity contribution < 1.29 is 23.8 Å². The first-order chi connectivity index (χ1) is 11.9. The molecule has 2 N–H and O–H groups in total. The molecule has 1 aromatic rings. The quantitative estimate of drug-likeness (QED) is 0.743. The van der Waals surface area contributed by atoms with Crippen LogP contribution in [0.1, 0.15) is 25.3 Å². The van der Waals surface area contributed by atoms with E-state index in [1.165, 1.54) is 0 Å². The Morgan fingerprint density at radius 2 is 2.04 bits per heavy atom. The van der Waals surface area contributed by atoms with Crippen LogP contribution in [0.2, 0.25) is 0 Å². The fourth-order valence-electron chi connectivity index (χ4n) is 2.62. The third-order valence-corrected chi connectivity index (χ3v) is 4.10. The van der Waals surface area contributed by atoms with Crippen molar-refractivity contribution in [3.8, 4) is 11.8 Å². The molecule has 1 heterocycles. The normalized spacial score (nSPS) is 17.0. The molecule has 7 nitrogen and oxygen atoms in total. The molecule has 2 atom stereocenters. The van der Waals surface area contributed by atoms with Gasteiger partial charge in [-0.25, -0.2) is 4.79 Å². The van der Waals surface area contributed by atoms with E-state index in [2.05, 4.69) is 15.9 Å². The van der Waals surface area contributed by atoms with Crippen LogP contribution in [0.25, 0.3) is 0 Å². The van der Waals surface area contributed by atoms with Crippen LogP contribution in [-0.4, -0.2) is 25.2 Å². The summed E-state index contributed by atoms with van der Waals surface area (Å²) in [5.41, 5.74) is 6.32. The van der Waals surface area contributed by atoms with Gasteiger partial charge in [-0.3, -0.25) is 4.79 Å². The number of rotatable bonds is 5. The predicted octanol–water partition coefficient (Wildman–Crippen LogP) is 2.36. The second-order valence-corrected chi connectivity index (χ2v) is 6.03. The fourth-order valence-corrected chi connectivity index (χ4v) is 2.99. The maximum Gasteiger partial charge on any atom is 0.340 e. The van der Waals surface area contributed by atoms with Crippen molar-refractivity contribution in [2.45, 2.75) is 19.8 Å². The van der Waals surface area contributed by atoms with Gasteiger partial charge in [0.1, 0.15) is 11.3 Å². The largest absolute Gasteiger partial charge is 0.465 e. The number of carbonyl (C=O) groups is 2. The van der Waals surface area contributed by atoms with Gasteiger partial charge in [0.25, 0.3) is 0 Å². The van der Waals surface area contributed by atoms with Crippen molar-refractivity contribution in [3.63, 3.8) is 0 Å². The Hall–Kier alpha value is -2.53. The number of benzene rings is 1. The molecule has 0 fully saturated rings. The minimum atomic E-state index is -1.27. The maximum absolute atomic E-state index is 12.4. The lowest BCUT2D eigenvalue weighted by atomic mass is 9.79. The Kier molecular flexibility index (Phi) is 6.04. The molecule has 0 spiro atoms. The van der Waals surface area contributed by atoms with Gasteiger partial charge >= 0.3 is 11.9 Å². The molecular formula is C17H17BrN2O5. The van der Waals surface area contributed by atoms with Gasteiger partial charge in [-0.2, -0.15) is 5.26 Å². The number of esters is 2. The first-order valence-electron chi connectivity index (χ1n) is 7.64. The lowest BCUT2D eigenvalue weighted by Crippen LogP contribution is -2.33. The lowest BCUT2D eigenvalue weighted by Gasteiger charge is -2.30. The Morgan fingerprint density at radius 3 is 2.64 bits per heavy atom.